The molecule has 0 aliphatic rings. The molecular formula is C16H16ClF2N. The SMILES string of the molecule is CC(N[C@@H](C)c1ccc(Cl)cc1)c1cc(F)cc(F)c1. The minimum Gasteiger partial charge on any atom is -0.304 e. The van der Waals surface area contributed by atoms with Crippen molar-refractivity contribution >= 4 is 11.6 Å². The van der Waals surface area contributed by atoms with Gasteiger partial charge in [0.05, 0.1) is 0 Å². The van der Waals surface area contributed by atoms with Gasteiger partial charge in [0.15, 0.2) is 0 Å². The standard InChI is InChI=1S/C16H16ClF2N/c1-10(12-3-5-14(17)6-4-12)20-11(2)13-7-15(18)9-16(19)8-13/h3-11,20H,1-2H3/t10-,11?/m0/s1. The first-order valence-corrected chi connectivity index (χ1v) is 6.81. The largest absolute Gasteiger partial charge is 0.304 e. The maximum atomic E-state index is 13.2. The quantitative estimate of drug-likeness (QED) is 0.834. The van der Waals surface area contributed by atoms with E-state index >= 15 is 0 Å². The molecule has 4 heteroatoms. The predicted octanol–water partition coefficient (Wildman–Crippen LogP) is 5.03. The van der Waals surface area contributed by atoms with E-state index in [1.165, 1.54) is 12.1 Å². The van der Waals surface area contributed by atoms with Crippen LogP contribution in [0.5, 0.6) is 0 Å². The van der Waals surface area contributed by atoms with Crippen LogP contribution >= 0.6 is 11.6 Å². The highest BCUT2D eigenvalue weighted by Gasteiger charge is 2.13. The highest BCUT2D eigenvalue weighted by molar-refractivity contribution is 6.30. The van der Waals surface area contributed by atoms with Gasteiger partial charge in [-0.3, -0.25) is 0 Å². The van der Waals surface area contributed by atoms with E-state index < -0.39 is 11.6 Å². The average molecular weight is 296 g/mol. The van der Waals surface area contributed by atoms with E-state index in [9.17, 15) is 8.78 Å². The Hall–Kier alpha value is -1.45. The zero-order valence-corrected chi connectivity index (χ0v) is 12.1. The first kappa shape index (κ1) is 14.9. The molecular weight excluding hydrogens is 280 g/mol. The third-order valence-electron chi connectivity index (χ3n) is 3.25. The molecule has 106 valence electrons. The molecule has 2 rings (SSSR count). The molecule has 0 saturated heterocycles. The van der Waals surface area contributed by atoms with Crippen molar-refractivity contribution in [1.82, 2.24) is 5.32 Å². The van der Waals surface area contributed by atoms with Crippen molar-refractivity contribution in [3.63, 3.8) is 0 Å². The van der Waals surface area contributed by atoms with E-state index in [4.69, 9.17) is 11.6 Å². The number of hydrogen-bond donors (Lipinski definition) is 1. The summed E-state index contributed by atoms with van der Waals surface area (Å²) in [6.45, 7) is 3.87. The van der Waals surface area contributed by atoms with Gasteiger partial charge in [-0.2, -0.15) is 0 Å². The smallest absolute Gasteiger partial charge is 0.126 e. The fraction of sp³-hybridized carbons (Fsp3) is 0.250. The second-order valence-corrected chi connectivity index (χ2v) is 5.30. The molecule has 0 aromatic heterocycles. The van der Waals surface area contributed by atoms with Gasteiger partial charge in [-0.05, 0) is 49.2 Å². The maximum absolute atomic E-state index is 13.2. The Bertz CT molecular complexity index is 563. The topological polar surface area (TPSA) is 12.0 Å². The van der Waals surface area contributed by atoms with Gasteiger partial charge in [-0.15, -0.1) is 0 Å². The van der Waals surface area contributed by atoms with Crippen molar-refractivity contribution in [2.75, 3.05) is 0 Å². The molecule has 2 atom stereocenters. The molecule has 1 nitrogen and oxygen atoms in total. The first-order chi connectivity index (χ1) is 9.45. The summed E-state index contributed by atoms with van der Waals surface area (Å²) in [5.74, 6) is -1.12. The minimum atomic E-state index is -0.562. The highest BCUT2D eigenvalue weighted by Crippen LogP contribution is 2.22. The van der Waals surface area contributed by atoms with Gasteiger partial charge in [0.25, 0.3) is 0 Å². The molecule has 0 heterocycles. The summed E-state index contributed by atoms with van der Waals surface area (Å²) < 4.78 is 26.4. The van der Waals surface area contributed by atoms with Crippen molar-refractivity contribution in [3.8, 4) is 0 Å². The van der Waals surface area contributed by atoms with Gasteiger partial charge in [0.1, 0.15) is 11.6 Å². The maximum Gasteiger partial charge on any atom is 0.126 e. The summed E-state index contributed by atoms with van der Waals surface area (Å²) in [4.78, 5) is 0. The van der Waals surface area contributed by atoms with Gasteiger partial charge in [0, 0.05) is 23.2 Å². The summed E-state index contributed by atoms with van der Waals surface area (Å²) >= 11 is 5.85. The molecule has 0 aliphatic carbocycles. The molecule has 0 fully saturated rings. The molecule has 2 aromatic rings. The van der Waals surface area contributed by atoms with Crippen LogP contribution in [-0.2, 0) is 0 Å². The van der Waals surface area contributed by atoms with Crippen LogP contribution < -0.4 is 5.32 Å². The van der Waals surface area contributed by atoms with Crippen LogP contribution in [0.4, 0.5) is 8.78 Å². The van der Waals surface area contributed by atoms with E-state index in [1.54, 1.807) is 0 Å². The third-order valence-corrected chi connectivity index (χ3v) is 3.51. The van der Waals surface area contributed by atoms with E-state index in [2.05, 4.69) is 5.32 Å². The normalized spacial score (nSPS) is 14.1. The molecule has 0 saturated carbocycles. The molecule has 2 aromatic carbocycles. The van der Waals surface area contributed by atoms with Crippen LogP contribution in [-0.4, -0.2) is 0 Å². The summed E-state index contributed by atoms with van der Waals surface area (Å²) in [5, 5.41) is 3.99. The third kappa shape index (κ3) is 3.78. The molecule has 0 aliphatic heterocycles. The van der Waals surface area contributed by atoms with Crippen molar-refractivity contribution in [1.29, 1.82) is 0 Å². The van der Waals surface area contributed by atoms with Crippen LogP contribution in [0, 0.1) is 11.6 Å². The molecule has 0 spiro atoms. The fourth-order valence-electron chi connectivity index (χ4n) is 2.14. The Labute approximate surface area is 122 Å². The van der Waals surface area contributed by atoms with Gasteiger partial charge >= 0.3 is 0 Å². The lowest BCUT2D eigenvalue weighted by Crippen LogP contribution is -2.22. The zero-order chi connectivity index (χ0) is 14.7. The van der Waals surface area contributed by atoms with Gasteiger partial charge in [0.2, 0.25) is 0 Å². The first-order valence-electron chi connectivity index (χ1n) is 6.43. The number of nitrogens with one attached hydrogen (secondary N) is 1. The van der Waals surface area contributed by atoms with Crippen molar-refractivity contribution in [2.24, 2.45) is 0 Å². The summed E-state index contributed by atoms with van der Waals surface area (Å²) in [6.07, 6.45) is 0. The Kier molecular flexibility index (Phi) is 4.73. The van der Waals surface area contributed by atoms with Crippen LogP contribution in [0.2, 0.25) is 5.02 Å². The molecule has 20 heavy (non-hydrogen) atoms. The van der Waals surface area contributed by atoms with Crippen molar-refractivity contribution in [2.45, 2.75) is 25.9 Å². The zero-order valence-electron chi connectivity index (χ0n) is 11.3. The van der Waals surface area contributed by atoms with E-state index in [-0.39, 0.29) is 12.1 Å². The number of benzene rings is 2. The molecule has 0 bridgehead atoms. The van der Waals surface area contributed by atoms with E-state index in [1.807, 2.05) is 38.1 Å². The lowest BCUT2D eigenvalue weighted by atomic mass is 10.0. The molecule has 1 N–H and O–H groups in total. The van der Waals surface area contributed by atoms with Crippen LogP contribution in [0.3, 0.4) is 0 Å². The lowest BCUT2D eigenvalue weighted by Gasteiger charge is -2.21. The van der Waals surface area contributed by atoms with Crippen LogP contribution in [0.15, 0.2) is 42.5 Å². The Morgan fingerprint density at radius 3 is 1.90 bits per heavy atom. The Balaban J connectivity index is 2.10. The lowest BCUT2D eigenvalue weighted by molar-refractivity contribution is 0.487. The van der Waals surface area contributed by atoms with Gasteiger partial charge in [-0.1, -0.05) is 23.7 Å². The number of hydrogen-bond acceptors (Lipinski definition) is 1. The Morgan fingerprint density at radius 1 is 0.850 bits per heavy atom. The highest BCUT2D eigenvalue weighted by atomic mass is 35.5. The summed E-state index contributed by atoms with van der Waals surface area (Å²) in [5.41, 5.74) is 1.65. The Morgan fingerprint density at radius 2 is 1.35 bits per heavy atom. The molecule has 0 amide bonds. The monoisotopic (exact) mass is 295 g/mol. The minimum absolute atomic E-state index is 0.0496. The second-order valence-electron chi connectivity index (χ2n) is 4.86. The van der Waals surface area contributed by atoms with Crippen LogP contribution in [0.25, 0.3) is 0 Å². The summed E-state index contributed by atoms with van der Waals surface area (Å²) in [7, 11) is 0. The molecule has 0 radical (unpaired) electrons. The van der Waals surface area contributed by atoms with E-state index in [0.717, 1.165) is 11.6 Å². The van der Waals surface area contributed by atoms with Crippen molar-refractivity contribution < 1.29 is 8.78 Å². The van der Waals surface area contributed by atoms with Crippen LogP contribution in [0.1, 0.15) is 37.1 Å². The fourth-order valence-corrected chi connectivity index (χ4v) is 2.27. The van der Waals surface area contributed by atoms with E-state index in [0.29, 0.717) is 10.6 Å². The van der Waals surface area contributed by atoms with Crippen molar-refractivity contribution in [3.05, 3.63) is 70.2 Å². The summed E-state index contributed by atoms with van der Waals surface area (Å²) in [6, 6.07) is 10.9. The predicted molar refractivity (Wildman–Crippen MR) is 77.8 cm³/mol. The number of rotatable bonds is 4. The molecule has 1 unspecified atom stereocenters. The second kappa shape index (κ2) is 6.33. The average Bonchev–Trinajstić information content (AvgIpc) is 2.38. The van der Waals surface area contributed by atoms with Gasteiger partial charge < -0.3 is 5.32 Å². The number of halogens is 3. The van der Waals surface area contributed by atoms with Gasteiger partial charge in [-0.25, -0.2) is 8.78 Å².